The number of nitrogens with zero attached hydrogens (tertiary/aromatic N) is 1. The third-order valence-electron chi connectivity index (χ3n) is 3.61. The summed E-state index contributed by atoms with van der Waals surface area (Å²) in [6, 6.07) is 11.6. The van der Waals surface area contributed by atoms with Gasteiger partial charge in [-0.05, 0) is 46.4 Å². The van der Waals surface area contributed by atoms with E-state index in [1.807, 2.05) is 0 Å². The molecule has 0 bridgehead atoms. The highest BCUT2D eigenvalue weighted by Gasteiger charge is 2.14. The Morgan fingerprint density at radius 3 is 2.25 bits per heavy atom. The van der Waals surface area contributed by atoms with Crippen molar-refractivity contribution in [1.29, 1.82) is 0 Å². The summed E-state index contributed by atoms with van der Waals surface area (Å²) in [6.07, 6.45) is 1.20. The fourth-order valence-corrected chi connectivity index (χ4v) is 2.25. The Labute approximate surface area is 156 Å². The monoisotopic (exact) mass is 384 g/mol. The lowest BCUT2D eigenvalue weighted by molar-refractivity contribution is -0.670. The summed E-state index contributed by atoms with van der Waals surface area (Å²) >= 11 is 0. The van der Waals surface area contributed by atoms with Crippen LogP contribution in [0.4, 0.5) is 5.69 Å². The van der Waals surface area contributed by atoms with Gasteiger partial charge in [-0.25, -0.2) is 14.4 Å². The number of anilines is 1. The van der Waals surface area contributed by atoms with Gasteiger partial charge in [-0.3, -0.25) is 9.32 Å². The van der Waals surface area contributed by atoms with E-state index in [-0.39, 0.29) is 11.1 Å². The van der Waals surface area contributed by atoms with E-state index in [0.717, 1.165) is 0 Å². The van der Waals surface area contributed by atoms with Crippen LogP contribution in [0.3, 0.4) is 0 Å². The quantitative estimate of drug-likeness (QED) is 0.420. The summed E-state index contributed by atoms with van der Waals surface area (Å²) in [5.41, 5.74) is 0.693. The van der Waals surface area contributed by atoms with Crippen LogP contribution in [0.5, 0.6) is 0 Å². The number of carbonyl (C=O) groups is 3. The van der Waals surface area contributed by atoms with Gasteiger partial charge in [-0.1, -0.05) is 0 Å². The van der Waals surface area contributed by atoms with Gasteiger partial charge in [0.25, 0.3) is 12.1 Å². The van der Waals surface area contributed by atoms with Crippen LogP contribution in [0.2, 0.25) is 0 Å². The first-order chi connectivity index (χ1) is 13.4. The summed E-state index contributed by atoms with van der Waals surface area (Å²) < 4.78 is 10.8. The first-order valence-corrected chi connectivity index (χ1v) is 7.93. The van der Waals surface area contributed by atoms with Gasteiger partial charge < -0.3 is 15.2 Å². The fourth-order valence-electron chi connectivity index (χ4n) is 2.25. The van der Waals surface area contributed by atoms with Gasteiger partial charge in [-0.2, -0.15) is 0 Å². The second-order valence-electron chi connectivity index (χ2n) is 5.57. The lowest BCUT2D eigenvalue weighted by Gasteiger charge is -2.07. The number of nitrogens with one attached hydrogen (secondary N) is 2. The molecule has 0 atom stereocenters. The summed E-state index contributed by atoms with van der Waals surface area (Å²) in [5.74, 6) is -2.34. The van der Waals surface area contributed by atoms with E-state index in [4.69, 9.17) is 9.84 Å². The molecule has 1 aromatic heterocycles. The molecule has 10 nitrogen and oxygen atoms in total. The minimum absolute atomic E-state index is 0.0885. The molecule has 0 saturated heterocycles. The van der Waals surface area contributed by atoms with Crippen molar-refractivity contribution >= 4 is 23.5 Å². The van der Waals surface area contributed by atoms with Gasteiger partial charge in [0.15, 0.2) is 6.61 Å². The smallest absolute Gasteiger partial charge is 0.427 e. The average Bonchev–Trinajstić information content (AvgIpc) is 3.13. The number of aromatic carboxylic acids is 1. The standard InChI is InChI=1S/C18H13N3O7/c22-15(19-13-5-1-11(2-6-13)17(24)25)10-27-18(26)12-3-7-14(8-4-12)21-9-16(23)28-20-21/h1-9H,10H2,(H2-,19,20,22,23,24,25)/p+1. The highest BCUT2D eigenvalue weighted by atomic mass is 16.5. The number of amides is 1. The molecule has 0 aliphatic carbocycles. The van der Waals surface area contributed by atoms with E-state index in [2.05, 4.69) is 15.1 Å². The van der Waals surface area contributed by atoms with Crippen molar-refractivity contribution < 1.29 is 33.4 Å². The van der Waals surface area contributed by atoms with Crippen molar-refractivity contribution in [2.45, 2.75) is 0 Å². The maximum atomic E-state index is 12.0. The number of carboxylic acids is 1. The zero-order chi connectivity index (χ0) is 20.1. The SMILES string of the molecule is O=C(COC(=O)c1ccc(-[n+]2cc(=O)o[nH]2)cc1)Nc1ccc(C(=O)O)cc1. The molecule has 0 unspecified atom stereocenters. The highest BCUT2D eigenvalue weighted by Crippen LogP contribution is 2.10. The van der Waals surface area contributed by atoms with E-state index in [1.165, 1.54) is 47.3 Å². The second-order valence-corrected chi connectivity index (χ2v) is 5.57. The number of aromatic nitrogens is 2. The number of carboxylic acid groups (broad SMARTS) is 1. The van der Waals surface area contributed by atoms with E-state index < -0.39 is 30.1 Å². The van der Waals surface area contributed by atoms with Crippen LogP contribution < -0.4 is 15.6 Å². The number of rotatable bonds is 6. The molecule has 0 spiro atoms. The number of carbonyl (C=O) groups excluding carboxylic acids is 2. The van der Waals surface area contributed by atoms with Crippen molar-refractivity contribution in [3.05, 3.63) is 76.3 Å². The molecular formula is C18H14N3O7+. The van der Waals surface area contributed by atoms with Gasteiger partial charge >= 0.3 is 17.6 Å². The van der Waals surface area contributed by atoms with E-state index in [1.54, 1.807) is 12.1 Å². The molecule has 2 aromatic carbocycles. The minimum atomic E-state index is -1.07. The van der Waals surface area contributed by atoms with Crippen LogP contribution >= 0.6 is 0 Å². The van der Waals surface area contributed by atoms with Gasteiger partial charge in [0, 0.05) is 17.8 Å². The number of H-pyrrole nitrogens is 1. The molecule has 1 amide bonds. The summed E-state index contributed by atoms with van der Waals surface area (Å²) in [7, 11) is 0. The number of hydrogen-bond donors (Lipinski definition) is 3. The van der Waals surface area contributed by atoms with E-state index in [9.17, 15) is 19.2 Å². The maximum Gasteiger partial charge on any atom is 0.427 e. The summed E-state index contributed by atoms with van der Waals surface area (Å²) in [6.45, 7) is -0.509. The lowest BCUT2D eigenvalue weighted by atomic mass is 10.2. The lowest BCUT2D eigenvalue weighted by Crippen LogP contribution is -2.32. The van der Waals surface area contributed by atoms with Crippen LogP contribution in [0.25, 0.3) is 5.69 Å². The first-order valence-electron chi connectivity index (χ1n) is 7.93. The van der Waals surface area contributed by atoms with Crippen LogP contribution in [0.1, 0.15) is 20.7 Å². The summed E-state index contributed by atoms with van der Waals surface area (Å²) in [5, 5.41) is 13.7. The third-order valence-corrected chi connectivity index (χ3v) is 3.61. The van der Waals surface area contributed by atoms with Crippen molar-refractivity contribution in [2.75, 3.05) is 11.9 Å². The Bertz CT molecular complexity index is 1070. The minimum Gasteiger partial charge on any atom is -0.478 e. The Balaban J connectivity index is 1.53. The molecule has 3 aromatic rings. The number of ether oxygens (including phenoxy) is 1. The second kappa shape index (κ2) is 7.99. The molecule has 3 rings (SSSR count). The summed E-state index contributed by atoms with van der Waals surface area (Å²) in [4.78, 5) is 45.7. The van der Waals surface area contributed by atoms with Crippen molar-refractivity contribution in [1.82, 2.24) is 5.27 Å². The van der Waals surface area contributed by atoms with Crippen LogP contribution in [-0.4, -0.2) is 34.8 Å². The number of esters is 1. The van der Waals surface area contributed by atoms with Crippen LogP contribution in [-0.2, 0) is 9.53 Å². The van der Waals surface area contributed by atoms with Crippen LogP contribution in [0, 0.1) is 0 Å². The molecule has 142 valence electrons. The van der Waals surface area contributed by atoms with Crippen molar-refractivity contribution in [2.24, 2.45) is 0 Å². The number of aromatic amines is 1. The molecule has 0 fully saturated rings. The Morgan fingerprint density at radius 2 is 1.68 bits per heavy atom. The first kappa shape index (κ1) is 18.6. The fraction of sp³-hybridized carbons (Fsp3) is 0.0556. The Hall–Kier alpha value is -4.21. The molecule has 0 aliphatic heterocycles. The normalized spacial score (nSPS) is 10.3. The zero-order valence-corrected chi connectivity index (χ0v) is 14.2. The third kappa shape index (κ3) is 4.49. The molecular weight excluding hydrogens is 370 g/mol. The highest BCUT2D eigenvalue weighted by molar-refractivity contribution is 5.96. The average molecular weight is 384 g/mol. The molecule has 3 N–H and O–H groups in total. The molecule has 1 heterocycles. The molecule has 0 radical (unpaired) electrons. The van der Waals surface area contributed by atoms with E-state index in [0.29, 0.717) is 11.4 Å². The Kier molecular flexibility index (Phi) is 5.30. The van der Waals surface area contributed by atoms with E-state index >= 15 is 0 Å². The van der Waals surface area contributed by atoms with Crippen LogP contribution in [0.15, 0.2) is 64.0 Å². The molecule has 28 heavy (non-hydrogen) atoms. The topological polar surface area (TPSA) is 143 Å². The molecule has 0 saturated carbocycles. The predicted molar refractivity (Wildman–Crippen MR) is 93.2 cm³/mol. The molecule has 0 aliphatic rings. The maximum absolute atomic E-state index is 12.0. The Morgan fingerprint density at radius 1 is 1.04 bits per heavy atom. The van der Waals surface area contributed by atoms with Gasteiger partial charge in [0.2, 0.25) is 5.69 Å². The number of hydrogen-bond acceptors (Lipinski definition) is 6. The largest absolute Gasteiger partial charge is 0.478 e. The number of benzene rings is 2. The zero-order valence-electron chi connectivity index (χ0n) is 14.2. The van der Waals surface area contributed by atoms with Gasteiger partial charge in [0.05, 0.1) is 11.1 Å². The van der Waals surface area contributed by atoms with Crippen molar-refractivity contribution in [3.63, 3.8) is 0 Å². The van der Waals surface area contributed by atoms with Crippen molar-refractivity contribution in [3.8, 4) is 5.69 Å². The molecule has 10 heteroatoms. The van der Waals surface area contributed by atoms with Gasteiger partial charge in [-0.15, -0.1) is 0 Å². The predicted octanol–water partition coefficient (Wildman–Crippen LogP) is 0.738. The van der Waals surface area contributed by atoms with Gasteiger partial charge in [0.1, 0.15) is 0 Å².